The minimum atomic E-state index is 0.698. The van der Waals surface area contributed by atoms with Crippen LogP contribution in [0.5, 0.6) is 0 Å². The van der Waals surface area contributed by atoms with E-state index in [1.54, 1.807) is 6.20 Å². The molecular weight excluding hydrogens is 346 g/mol. The number of halogens is 1. The van der Waals surface area contributed by atoms with Gasteiger partial charge in [0.2, 0.25) is 0 Å². The van der Waals surface area contributed by atoms with Gasteiger partial charge in [-0.25, -0.2) is 9.50 Å². The maximum atomic E-state index is 5.45. The molecule has 22 heavy (non-hydrogen) atoms. The average molecular weight is 366 g/mol. The summed E-state index contributed by atoms with van der Waals surface area (Å²) in [6, 6.07) is 4.80. The molecule has 2 aromatic heterocycles. The minimum absolute atomic E-state index is 0.698. The fraction of sp³-hybridized carbons (Fsp3) is 0.600. The summed E-state index contributed by atoms with van der Waals surface area (Å²) in [6.07, 6.45) is 4.19. The summed E-state index contributed by atoms with van der Waals surface area (Å²) >= 11 is 3.49. The quantitative estimate of drug-likeness (QED) is 0.811. The molecule has 0 radical (unpaired) electrons. The normalized spacial score (nSPS) is 21.6. The Kier molecular flexibility index (Phi) is 4.02. The predicted octanol–water partition coefficient (Wildman–Crippen LogP) is 1.79. The summed E-state index contributed by atoms with van der Waals surface area (Å²) in [5, 5.41) is 4.70. The molecule has 0 bridgehead atoms. The summed E-state index contributed by atoms with van der Waals surface area (Å²) in [4.78, 5) is 9.26. The van der Waals surface area contributed by atoms with Crippen molar-refractivity contribution in [2.24, 2.45) is 0 Å². The number of nitrogens with zero attached hydrogens (tertiary/aromatic N) is 5. The van der Waals surface area contributed by atoms with E-state index in [0.29, 0.717) is 6.04 Å². The summed E-state index contributed by atoms with van der Waals surface area (Å²) in [5.74, 6) is 1.03. The average Bonchev–Trinajstić information content (AvgIpc) is 2.96. The molecule has 0 N–H and O–H groups in total. The van der Waals surface area contributed by atoms with Crippen molar-refractivity contribution in [3.8, 4) is 0 Å². The number of ether oxygens (including phenoxy) is 1. The van der Waals surface area contributed by atoms with E-state index in [9.17, 15) is 0 Å². The van der Waals surface area contributed by atoms with Gasteiger partial charge in [-0.1, -0.05) is 0 Å². The fourth-order valence-corrected chi connectivity index (χ4v) is 3.77. The Labute approximate surface area is 138 Å². The lowest BCUT2D eigenvalue weighted by Gasteiger charge is -2.40. The standard InChI is InChI=1S/C15H20BrN5O/c16-13-11-17-14-1-2-15(18-21(13)14)20-5-3-12(4-6-20)19-7-9-22-10-8-19/h1-2,11-12H,3-10H2. The summed E-state index contributed by atoms with van der Waals surface area (Å²) in [7, 11) is 0. The number of rotatable bonds is 2. The Morgan fingerprint density at radius 3 is 2.64 bits per heavy atom. The van der Waals surface area contributed by atoms with E-state index >= 15 is 0 Å². The molecule has 0 aromatic carbocycles. The van der Waals surface area contributed by atoms with Crippen LogP contribution in [0.2, 0.25) is 0 Å². The lowest BCUT2D eigenvalue weighted by atomic mass is 10.0. The zero-order valence-electron chi connectivity index (χ0n) is 12.5. The molecule has 6 nitrogen and oxygen atoms in total. The molecule has 2 fully saturated rings. The van der Waals surface area contributed by atoms with Gasteiger partial charge in [0.25, 0.3) is 0 Å². The van der Waals surface area contributed by atoms with Gasteiger partial charge in [-0.15, -0.1) is 5.10 Å². The third kappa shape index (κ3) is 2.73. The molecule has 7 heteroatoms. The number of imidazole rings is 1. The van der Waals surface area contributed by atoms with Crippen LogP contribution in [0.25, 0.3) is 5.65 Å². The molecule has 4 heterocycles. The summed E-state index contributed by atoms with van der Waals surface area (Å²) < 4.78 is 8.20. The first kappa shape index (κ1) is 14.4. The van der Waals surface area contributed by atoms with Crippen LogP contribution in [0.4, 0.5) is 5.82 Å². The molecule has 0 atom stereocenters. The van der Waals surface area contributed by atoms with Gasteiger partial charge in [0.1, 0.15) is 10.4 Å². The van der Waals surface area contributed by atoms with E-state index in [-0.39, 0.29) is 0 Å². The molecule has 118 valence electrons. The van der Waals surface area contributed by atoms with Crippen molar-refractivity contribution < 1.29 is 4.74 Å². The van der Waals surface area contributed by atoms with Gasteiger partial charge in [0.05, 0.1) is 19.4 Å². The van der Waals surface area contributed by atoms with Crippen molar-refractivity contribution in [2.75, 3.05) is 44.3 Å². The maximum absolute atomic E-state index is 5.45. The van der Waals surface area contributed by atoms with Crippen molar-refractivity contribution in [3.63, 3.8) is 0 Å². The molecule has 2 aromatic rings. The third-order valence-corrected chi connectivity index (χ3v) is 5.20. The maximum Gasteiger partial charge on any atom is 0.154 e. The van der Waals surface area contributed by atoms with E-state index in [1.165, 1.54) is 12.8 Å². The second-order valence-electron chi connectivity index (χ2n) is 5.91. The number of piperidine rings is 1. The Bertz CT molecular complexity index is 646. The molecule has 4 rings (SSSR count). The second kappa shape index (κ2) is 6.14. The van der Waals surface area contributed by atoms with Crippen LogP contribution in [-0.2, 0) is 4.74 Å². The van der Waals surface area contributed by atoms with Crippen LogP contribution in [-0.4, -0.2) is 64.9 Å². The Morgan fingerprint density at radius 1 is 1.09 bits per heavy atom. The van der Waals surface area contributed by atoms with E-state index in [2.05, 4.69) is 36.8 Å². The predicted molar refractivity (Wildman–Crippen MR) is 88.3 cm³/mol. The highest BCUT2D eigenvalue weighted by Gasteiger charge is 2.26. The molecule has 0 unspecified atom stereocenters. The Balaban J connectivity index is 1.44. The first-order chi connectivity index (χ1) is 10.8. The van der Waals surface area contributed by atoms with Crippen LogP contribution in [0.3, 0.4) is 0 Å². The van der Waals surface area contributed by atoms with Gasteiger partial charge in [-0.05, 0) is 40.9 Å². The minimum Gasteiger partial charge on any atom is -0.379 e. The number of anilines is 1. The zero-order chi connectivity index (χ0) is 14.9. The molecule has 0 saturated carbocycles. The van der Waals surface area contributed by atoms with Crippen LogP contribution < -0.4 is 4.90 Å². The van der Waals surface area contributed by atoms with E-state index in [4.69, 9.17) is 9.84 Å². The van der Waals surface area contributed by atoms with Crippen LogP contribution in [0.1, 0.15) is 12.8 Å². The van der Waals surface area contributed by atoms with Gasteiger partial charge in [0, 0.05) is 32.2 Å². The van der Waals surface area contributed by atoms with Gasteiger partial charge in [-0.3, -0.25) is 4.90 Å². The number of hydrogen-bond acceptors (Lipinski definition) is 5. The molecule has 0 spiro atoms. The molecule has 0 aliphatic carbocycles. The van der Waals surface area contributed by atoms with E-state index in [0.717, 1.165) is 55.5 Å². The van der Waals surface area contributed by atoms with Gasteiger partial charge < -0.3 is 9.64 Å². The Hall–Kier alpha value is -1.18. The van der Waals surface area contributed by atoms with Crippen LogP contribution in [0, 0.1) is 0 Å². The molecule has 2 saturated heterocycles. The number of hydrogen-bond donors (Lipinski definition) is 0. The second-order valence-corrected chi connectivity index (χ2v) is 6.72. The van der Waals surface area contributed by atoms with E-state index < -0.39 is 0 Å². The van der Waals surface area contributed by atoms with Crippen molar-refractivity contribution in [3.05, 3.63) is 22.9 Å². The molecular formula is C15H20BrN5O. The van der Waals surface area contributed by atoms with Gasteiger partial charge in [-0.2, -0.15) is 0 Å². The van der Waals surface area contributed by atoms with Crippen molar-refractivity contribution in [1.29, 1.82) is 0 Å². The van der Waals surface area contributed by atoms with Crippen molar-refractivity contribution in [2.45, 2.75) is 18.9 Å². The highest BCUT2D eigenvalue weighted by Crippen LogP contribution is 2.23. The van der Waals surface area contributed by atoms with Crippen molar-refractivity contribution in [1.82, 2.24) is 19.5 Å². The lowest BCUT2D eigenvalue weighted by molar-refractivity contribution is 0.0114. The Morgan fingerprint density at radius 2 is 1.86 bits per heavy atom. The van der Waals surface area contributed by atoms with Gasteiger partial charge in [0.15, 0.2) is 5.65 Å². The number of morpholine rings is 1. The fourth-order valence-electron chi connectivity index (χ4n) is 3.41. The molecule has 2 aliphatic rings. The number of aromatic nitrogens is 3. The molecule has 0 amide bonds. The molecule has 2 aliphatic heterocycles. The number of fused-ring (bicyclic) bond motifs is 1. The topological polar surface area (TPSA) is 45.9 Å². The summed E-state index contributed by atoms with van der Waals surface area (Å²) in [6.45, 7) is 6.05. The third-order valence-electron chi connectivity index (χ3n) is 4.66. The first-order valence-corrected chi connectivity index (χ1v) is 8.67. The SMILES string of the molecule is Brc1cnc2ccc(N3CCC(N4CCOCC4)CC3)nn12. The highest BCUT2D eigenvalue weighted by atomic mass is 79.9. The first-order valence-electron chi connectivity index (χ1n) is 7.88. The monoisotopic (exact) mass is 365 g/mol. The van der Waals surface area contributed by atoms with Crippen LogP contribution >= 0.6 is 15.9 Å². The summed E-state index contributed by atoms with van der Waals surface area (Å²) in [5.41, 5.74) is 0.874. The smallest absolute Gasteiger partial charge is 0.154 e. The van der Waals surface area contributed by atoms with Crippen molar-refractivity contribution >= 4 is 27.4 Å². The van der Waals surface area contributed by atoms with Gasteiger partial charge >= 0.3 is 0 Å². The lowest BCUT2D eigenvalue weighted by Crippen LogP contribution is -2.49. The van der Waals surface area contributed by atoms with E-state index in [1.807, 2.05) is 10.6 Å². The zero-order valence-corrected chi connectivity index (χ0v) is 14.1. The highest BCUT2D eigenvalue weighted by molar-refractivity contribution is 9.10. The van der Waals surface area contributed by atoms with Crippen LogP contribution in [0.15, 0.2) is 22.9 Å². The largest absolute Gasteiger partial charge is 0.379 e.